The molecule has 5 nitrogen and oxygen atoms in total. The molecule has 0 heterocycles. The van der Waals surface area contributed by atoms with Crippen molar-refractivity contribution in [2.24, 2.45) is 0 Å². The number of alkyl carbamates (subject to hydrolysis) is 1. The Morgan fingerprint density at radius 3 is 1.92 bits per heavy atom. The van der Waals surface area contributed by atoms with Crippen LogP contribution in [0.1, 0.15) is 20.8 Å². The van der Waals surface area contributed by atoms with Crippen LogP contribution in [-0.4, -0.2) is 29.3 Å². The van der Waals surface area contributed by atoms with Gasteiger partial charge in [0, 0.05) is 6.38 Å². The maximum Gasteiger partial charge on any atom is 0.417 e. The highest BCUT2D eigenvalue weighted by Crippen LogP contribution is 2.05. The lowest BCUT2D eigenvalue weighted by Crippen LogP contribution is -2.35. The molecule has 6 heteroatoms. The molecule has 2 N–H and O–H groups in total. The Balaban J connectivity index is 0. The molecular weight excluding hydrogens is 198 g/mol. The number of rotatable bonds is 0. The summed E-state index contributed by atoms with van der Waals surface area (Å²) in [5, 5.41) is 9.62. The fourth-order valence-corrected chi connectivity index (χ4v) is 0.391. The van der Waals surface area contributed by atoms with Crippen LogP contribution in [0.3, 0.4) is 0 Å². The molecule has 0 aliphatic rings. The maximum atomic E-state index is 10.6. The van der Waals surface area contributed by atoms with Crippen molar-refractivity contribution >= 4 is 23.8 Å². The van der Waals surface area contributed by atoms with Crippen LogP contribution in [0.5, 0.6) is 0 Å². The van der Waals surface area contributed by atoms with Gasteiger partial charge in [0.2, 0.25) is 0 Å². The zero-order chi connectivity index (χ0) is 11.1. The summed E-state index contributed by atoms with van der Waals surface area (Å²) in [5.41, 5.74) is -0.667. The van der Waals surface area contributed by atoms with E-state index in [0.717, 1.165) is 0 Å². The summed E-state index contributed by atoms with van der Waals surface area (Å²) >= 11 is 4.64. The molecule has 0 aliphatic heterocycles. The number of nitrogens with one attached hydrogen (secondary N) is 1. The topological polar surface area (TPSA) is 75.6 Å². The normalized spacial score (nSPS) is 9.31. The van der Waals surface area contributed by atoms with Crippen molar-refractivity contribution in [1.29, 1.82) is 0 Å². The Morgan fingerprint density at radius 1 is 1.31 bits per heavy atom. The predicted molar refractivity (Wildman–Crippen MR) is 49.2 cm³/mol. The number of alkyl halides is 1. The molecule has 0 aromatic carbocycles. The first-order valence-electron chi connectivity index (χ1n) is 3.42. The molecule has 0 atom stereocenters. The predicted octanol–water partition coefficient (Wildman–Crippen LogP) is 2.04. The minimum Gasteiger partial charge on any atom is -0.465 e. The number of hydrogen-bond acceptors (Lipinski definition) is 3. The monoisotopic (exact) mass is 211 g/mol. The van der Waals surface area contributed by atoms with Gasteiger partial charge in [0.15, 0.2) is 0 Å². The molecule has 78 valence electrons. The Bertz CT molecular complexity index is 176. The van der Waals surface area contributed by atoms with Crippen LogP contribution in [-0.2, 0) is 4.74 Å². The molecule has 0 aromatic rings. The highest BCUT2D eigenvalue weighted by molar-refractivity contribution is 6.15. The Hall–Kier alpha value is -0.970. The third-order valence-electron chi connectivity index (χ3n) is 0.608. The number of ether oxygens (including phenoxy) is 1. The van der Waals surface area contributed by atoms with Crippen LogP contribution in [0.2, 0.25) is 0 Å². The molecule has 0 saturated heterocycles. The van der Waals surface area contributed by atoms with E-state index < -0.39 is 17.8 Å². The Labute approximate surface area is 82.0 Å². The summed E-state index contributed by atoms with van der Waals surface area (Å²) in [6.45, 7) is 4.94. The van der Waals surface area contributed by atoms with Crippen molar-refractivity contribution in [2.45, 2.75) is 26.4 Å². The lowest BCUT2D eigenvalue weighted by Gasteiger charge is -2.18. The molecule has 0 bridgehead atoms. The number of hydrogen-bond donors (Lipinski definition) is 2. The first-order chi connectivity index (χ1) is 5.81. The lowest BCUT2D eigenvalue weighted by molar-refractivity contribution is 0.0530. The molecule has 0 fully saturated rings. The van der Waals surface area contributed by atoms with E-state index in [4.69, 9.17) is 5.11 Å². The first-order valence-corrected chi connectivity index (χ1v) is 4.17. The van der Waals surface area contributed by atoms with Gasteiger partial charge in [0.05, 0.1) is 0 Å². The van der Waals surface area contributed by atoms with Gasteiger partial charge in [-0.2, -0.15) is 0 Å². The zero-order valence-electron chi connectivity index (χ0n) is 8.05. The molecule has 0 unspecified atom stereocenters. The van der Waals surface area contributed by atoms with Crippen LogP contribution < -0.4 is 5.32 Å². The van der Waals surface area contributed by atoms with E-state index in [1.54, 1.807) is 26.1 Å². The summed E-state index contributed by atoms with van der Waals surface area (Å²) < 4.78 is 4.62. The fourth-order valence-electron chi connectivity index (χ4n) is 0.391. The molecule has 13 heavy (non-hydrogen) atoms. The number of amides is 2. The summed E-state index contributed by atoms with van der Waals surface area (Å²) in [5.74, 6) is 0. The second-order valence-electron chi connectivity index (χ2n) is 2.93. The van der Waals surface area contributed by atoms with Crippen molar-refractivity contribution in [3.05, 3.63) is 0 Å². The van der Waals surface area contributed by atoms with Gasteiger partial charge in [-0.15, -0.1) is 11.6 Å². The SMILES string of the molecule is CC(C)(C)OC(=O)NC(=O)O.CCl. The first kappa shape index (κ1) is 14.5. The van der Waals surface area contributed by atoms with Gasteiger partial charge in [0.1, 0.15) is 5.60 Å². The molecule has 0 radical (unpaired) electrons. The largest absolute Gasteiger partial charge is 0.465 e. The Kier molecular flexibility index (Phi) is 7.31. The number of carbonyl (C=O) groups excluding carboxylic acids is 1. The van der Waals surface area contributed by atoms with Crippen molar-refractivity contribution in [1.82, 2.24) is 5.32 Å². The molecule has 2 amide bonds. The molecule has 0 aliphatic carbocycles. The fraction of sp³-hybridized carbons (Fsp3) is 0.714. The third kappa shape index (κ3) is 13.9. The standard InChI is InChI=1S/C6H11NO4.CH3Cl/c1-6(2,3)11-5(10)7-4(8)9;1-2/h1-3H3,(H,7,10)(H,8,9);1H3. The zero-order valence-corrected chi connectivity index (χ0v) is 8.81. The van der Waals surface area contributed by atoms with E-state index in [2.05, 4.69) is 16.3 Å². The van der Waals surface area contributed by atoms with Crippen molar-refractivity contribution < 1.29 is 19.4 Å². The van der Waals surface area contributed by atoms with E-state index in [0.29, 0.717) is 0 Å². The van der Waals surface area contributed by atoms with Gasteiger partial charge in [0.25, 0.3) is 0 Å². The molecule has 0 rings (SSSR count). The van der Waals surface area contributed by atoms with E-state index in [-0.39, 0.29) is 0 Å². The average molecular weight is 212 g/mol. The van der Waals surface area contributed by atoms with Crippen LogP contribution in [0.4, 0.5) is 9.59 Å². The minimum absolute atomic E-state index is 0.667. The van der Waals surface area contributed by atoms with Gasteiger partial charge >= 0.3 is 12.2 Å². The van der Waals surface area contributed by atoms with Crippen molar-refractivity contribution in [3.63, 3.8) is 0 Å². The maximum absolute atomic E-state index is 10.6. The lowest BCUT2D eigenvalue weighted by atomic mass is 10.2. The highest BCUT2D eigenvalue weighted by Gasteiger charge is 2.17. The average Bonchev–Trinajstić information content (AvgIpc) is 1.85. The van der Waals surface area contributed by atoms with Crippen LogP contribution in [0.15, 0.2) is 0 Å². The Morgan fingerprint density at radius 2 is 1.69 bits per heavy atom. The van der Waals surface area contributed by atoms with Gasteiger partial charge in [-0.3, -0.25) is 0 Å². The van der Waals surface area contributed by atoms with Crippen molar-refractivity contribution in [3.8, 4) is 0 Å². The second-order valence-corrected chi connectivity index (χ2v) is 2.93. The van der Waals surface area contributed by atoms with Crippen LogP contribution in [0.25, 0.3) is 0 Å². The van der Waals surface area contributed by atoms with Gasteiger partial charge in [-0.25, -0.2) is 14.9 Å². The number of carboxylic acid groups (broad SMARTS) is 1. The van der Waals surface area contributed by atoms with Gasteiger partial charge in [-0.1, -0.05) is 0 Å². The molecule has 0 aromatic heterocycles. The quantitative estimate of drug-likeness (QED) is 0.602. The van der Waals surface area contributed by atoms with Crippen LogP contribution >= 0.6 is 11.6 Å². The van der Waals surface area contributed by atoms with Gasteiger partial charge < -0.3 is 9.84 Å². The summed E-state index contributed by atoms with van der Waals surface area (Å²) in [7, 11) is 0. The smallest absolute Gasteiger partial charge is 0.417 e. The minimum atomic E-state index is -1.42. The van der Waals surface area contributed by atoms with E-state index in [1.165, 1.54) is 6.38 Å². The van der Waals surface area contributed by atoms with Gasteiger partial charge in [-0.05, 0) is 20.8 Å². The van der Waals surface area contributed by atoms with E-state index >= 15 is 0 Å². The third-order valence-corrected chi connectivity index (χ3v) is 0.608. The van der Waals surface area contributed by atoms with E-state index in [9.17, 15) is 9.59 Å². The summed E-state index contributed by atoms with van der Waals surface area (Å²) in [6.07, 6.45) is -0.899. The number of imide groups is 1. The van der Waals surface area contributed by atoms with Crippen molar-refractivity contribution in [2.75, 3.05) is 6.38 Å². The molecular formula is C7H14ClNO4. The molecule has 0 spiro atoms. The highest BCUT2D eigenvalue weighted by atomic mass is 35.5. The summed E-state index contributed by atoms with van der Waals surface area (Å²) in [6, 6.07) is 0. The second kappa shape index (κ2) is 6.54. The summed E-state index contributed by atoms with van der Waals surface area (Å²) in [4.78, 5) is 20.4. The van der Waals surface area contributed by atoms with E-state index in [1.807, 2.05) is 0 Å². The number of halogens is 1. The molecule has 0 saturated carbocycles. The van der Waals surface area contributed by atoms with Crippen LogP contribution in [0, 0.1) is 0 Å². The number of carbonyl (C=O) groups is 2.